The molecule has 0 amide bonds. The van der Waals surface area contributed by atoms with Crippen LogP contribution in [0.25, 0.3) is 0 Å². The predicted molar refractivity (Wildman–Crippen MR) is 43.6 cm³/mol. The van der Waals surface area contributed by atoms with Gasteiger partial charge in [0.2, 0.25) is 0 Å². The highest BCUT2D eigenvalue weighted by Crippen LogP contribution is 2.14. The van der Waals surface area contributed by atoms with Gasteiger partial charge in [0.05, 0.1) is 5.82 Å². The first kappa shape index (κ1) is 7.45. The van der Waals surface area contributed by atoms with Gasteiger partial charge < -0.3 is 9.80 Å². The third-order valence-corrected chi connectivity index (χ3v) is 2.13. The molecule has 0 aromatic rings. The molecule has 0 aromatic carbocycles. The van der Waals surface area contributed by atoms with Crippen LogP contribution in [0.5, 0.6) is 0 Å². The van der Waals surface area contributed by atoms with Crippen molar-refractivity contribution in [1.82, 2.24) is 9.80 Å². The fourth-order valence-electron chi connectivity index (χ4n) is 1.38. The maximum atomic E-state index is 4.01. The Morgan fingerprint density at radius 2 is 1.60 bits per heavy atom. The van der Waals surface area contributed by atoms with Crippen molar-refractivity contribution in [3.63, 3.8) is 0 Å². The molecule has 58 valence electrons. The zero-order valence-electron chi connectivity index (χ0n) is 6.93. The van der Waals surface area contributed by atoms with Crippen molar-refractivity contribution < 1.29 is 0 Å². The Morgan fingerprint density at radius 3 is 1.80 bits per heavy atom. The lowest BCUT2D eigenvalue weighted by molar-refractivity contribution is 0.359. The van der Waals surface area contributed by atoms with Crippen molar-refractivity contribution >= 4 is 0 Å². The molecule has 1 fully saturated rings. The van der Waals surface area contributed by atoms with Crippen molar-refractivity contribution in [1.29, 1.82) is 0 Å². The molecule has 1 saturated heterocycles. The van der Waals surface area contributed by atoms with Gasteiger partial charge in [0.25, 0.3) is 0 Å². The molecule has 10 heavy (non-hydrogen) atoms. The van der Waals surface area contributed by atoms with Crippen LogP contribution in [-0.4, -0.2) is 36.0 Å². The molecule has 0 bridgehead atoms. The molecule has 1 heterocycles. The molecule has 0 saturated carbocycles. The number of likely N-dealkylation sites (N-methyl/N-ethyl adjacent to an activating group) is 2. The fraction of sp³-hybridized carbons (Fsp3) is 0.750. The summed E-state index contributed by atoms with van der Waals surface area (Å²) in [6, 6.07) is 0. The first-order valence-corrected chi connectivity index (χ1v) is 3.98. The smallest absolute Gasteiger partial charge is 0.0966 e. The maximum Gasteiger partial charge on any atom is 0.0966 e. The molecular formula is C8H16N2. The summed E-state index contributed by atoms with van der Waals surface area (Å²) >= 11 is 0. The van der Waals surface area contributed by atoms with E-state index in [2.05, 4.69) is 30.2 Å². The molecule has 0 aliphatic carbocycles. The van der Waals surface area contributed by atoms with E-state index in [0.29, 0.717) is 0 Å². The van der Waals surface area contributed by atoms with E-state index < -0.39 is 0 Å². The van der Waals surface area contributed by atoms with Crippen LogP contribution < -0.4 is 0 Å². The van der Waals surface area contributed by atoms with E-state index in [4.69, 9.17) is 0 Å². The van der Waals surface area contributed by atoms with Crippen LogP contribution in [0.4, 0.5) is 0 Å². The second kappa shape index (κ2) is 2.95. The molecule has 0 aromatic heterocycles. The molecule has 2 nitrogen and oxygen atoms in total. The van der Waals surface area contributed by atoms with E-state index in [1.54, 1.807) is 0 Å². The highest BCUT2D eigenvalue weighted by molar-refractivity contribution is 4.98. The van der Waals surface area contributed by atoms with Gasteiger partial charge in [-0.3, -0.25) is 0 Å². The zero-order valence-corrected chi connectivity index (χ0v) is 6.93. The zero-order chi connectivity index (χ0) is 7.56. The Kier molecular flexibility index (Phi) is 2.20. The van der Waals surface area contributed by atoms with Crippen LogP contribution in [0.1, 0.15) is 13.8 Å². The van der Waals surface area contributed by atoms with E-state index in [0.717, 1.165) is 26.2 Å². The quantitative estimate of drug-likeness (QED) is 0.567. The van der Waals surface area contributed by atoms with E-state index in [9.17, 15) is 0 Å². The van der Waals surface area contributed by atoms with Crippen molar-refractivity contribution in [3.05, 3.63) is 12.4 Å². The normalized spacial score (nSPS) is 18.8. The minimum Gasteiger partial charge on any atom is -0.357 e. The van der Waals surface area contributed by atoms with Gasteiger partial charge in [-0.1, -0.05) is 6.58 Å². The molecule has 0 radical (unpaired) electrons. The molecule has 0 atom stereocenters. The maximum absolute atomic E-state index is 4.01. The summed E-state index contributed by atoms with van der Waals surface area (Å²) in [5.41, 5.74) is 0. The summed E-state index contributed by atoms with van der Waals surface area (Å²) in [4.78, 5) is 4.62. The molecular weight excluding hydrogens is 124 g/mol. The SMILES string of the molecule is C=C1N(CC)CCN1CC. The Labute approximate surface area is 63.1 Å². The summed E-state index contributed by atoms with van der Waals surface area (Å²) in [6.07, 6.45) is 0. The number of hydrogen-bond donors (Lipinski definition) is 0. The molecule has 1 aliphatic rings. The third-order valence-electron chi connectivity index (χ3n) is 2.13. The van der Waals surface area contributed by atoms with Gasteiger partial charge in [0.15, 0.2) is 0 Å². The average Bonchev–Trinajstić information content (AvgIpc) is 2.30. The number of hydrogen-bond acceptors (Lipinski definition) is 2. The van der Waals surface area contributed by atoms with Gasteiger partial charge in [-0.25, -0.2) is 0 Å². The highest BCUT2D eigenvalue weighted by Gasteiger charge is 2.18. The highest BCUT2D eigenvalue weighted by atomic mass is 15.4. The van der Waals surface area contributed by atoms with Gasteiger partial charge in [-0.2, -0.15) is 0 Å². The Balaban J connectivity index is 2.49. The van der Waals surface area contributed by atoms with Crippen LogP contribution in [0, 0.1) is 0 Å². The van der Waals surface area contributed by atoms with Gasteiger partial charge in [-0.15, -0.1) is 0 Å². The second-order valence-electron chi connectivity index (χ2n) is 2.58. The van der Waals surface area contributed by atoms with Crippen molar-refractivity contribution in [2.24, 2.45) is 0 Å². The summed E-state index contributed by atoms with van der Waals surface area (Å²) in [6.45, 7) is 12.8. The van der Waals surface area contributed by atoms with Gasteiger partial charge in [0, 0.05) is 26.2 Å². The lowest BCUT2D eigenvalue weighted by Gasteiger charge is -2.20. The van der Waals surface area contributed by atoms with Gasteiger partial charge >= 0.3 is 0 Å². The molecule has 0 spiro atoms. The molecule has 1 rings (SSSR count). The largest absolute Gasteiger partial charge is 0.357 e. The van der Waals surface area contributed by atoms with Crippen LogP contribution in [0.3, 0.4) is 0 Å². The van der Waals surface area contributed by atoms with Crippen LogP contribution >= 0.6 is 0 Å². The standard InChI is InChI=1S/C8H16N2/c1-4-9-6-7-10(5-2)8(9)3/h3-7H2,1-2H3. The van der Waals surface area contributed by atoms with Crippen molar-refractivity contribution in [3.8, 4) is 0 Å². The Hall–Kier alpha value is -0.660. The first-order valence-electron chi connectivity index (χ1n) is 3.98. The second-order valence-corrected chi connectivity index (χ2v) is 2.58. The number of rotatable bonds is 2. The number of nitrogens with zero attached hydrogens (tertiary/aromatic N) is 2. The van der Waals surface area contributed by atoms with Crippen molar-refractivity contribution in [2.45, 2.75) is 13.8 Å². The summed E-state index contributed by atoms with van der Waals surface area (Å²) in [7, 11) is 0. The minimum absolute atomic E-state index is 1.09. The van der Waals surface area contributed by atoms with Crippen LogP contribution in [0.2, 0.25) is 0 Å². The summed E-state index contributed by atoms with van der Waals surface area (Å²) in [5, 5.41) is 0. The predicted octanol–water partition coefficient (Wildman–Crippen LogP) is 1.11. The Morgan fingerprint density at radius 1 is 1.20 bits per heavy atom. The van der Waals surface area contributed by atoms with E-state index in [1.807, 2.05) is 0 Å². The summed E-state index contributed by atoms with van der Waals surface area (Å²) < 4.78 is 0. The third kappa shape index (κ3) is 1.11. The van der Waals surface area contributed by atoms with E-state index in [-0.39, 0.29) is 0 Å². The van der Waals surface area contributed by atoms with E-state index >= 15 is 0 Å². The Bertz CT molecular complexity index is 117. The van der Waals surface area contributed by atoms with E-state index in [1.165, 1.54) is 5.82 Å². The lowest BCUT2D eigenvalue weighted by atomic mass is 10.5. The van der Waals surface area contributed by atoms with Crippen LogP contribution in [0.15, 0.2) is 12.4 Å². The fourth-order valence-corrected chi connectivity index (χ4v) is 1.38. The van der Waals surface area contributed by atoms with Crippen LogP contribution in [-0.2, 0) is 0 Å². The van der Waals surface area contributed by atoms with Gasteiger partial charge in [0.1, 0.15) is 0 Å². The first-order chi connectivity index (χ1) is 4.79. The molecule has 1 aliphatic heterocycles. The molecule has 0 N–H and O–H groups in total. The van der Waals surface area contributed by atoms with Gasteiger partial charge in [-0.05, 0) is 13.8 Å². The molecule has 0 unspecified atom stereocenters. The average molecular weight is 140 g/mol. The monoisotopic (exact) mass is 140 g/mol. The minimum atomic E-state index is 1.09. The summed E-state index contributed by atoms with van der Waals surface area (Å²) in [5.74, 6) is 1.20. The molecule has 2 heteroatoms. The van der Waals surface area contributed by atoms with Crippen molar-refractivity contribution in [2.75, 3.05) is 26.2 Å². The topological polar surface area (TPSA) is 6.48 Å². The lowest BCUT2D eigenvalue weighted by Crippen LogP contribution is -2.21.